The van der Waals surface area contributed by atoms with Crippen LogP contribution in [0.25, 0.3) is 0 Å². The minimum atomic E-state index is 0.476. The first-order valence-electron chi connectivity index (χ1n) is 6.16. The summed E-state index contributed by atoms with van der Waals surface area (Å²) in [6.45, 7) is 4.41. The molecule has 1 aromatic carbocycles. The fraction of sp³-hybridized carbons (Fsp3) is 0.571. The first-order valence-corrected chi connectivity index (χ1v) is 7.31. The minimum absolute atomic E-state index is 0.476. The SMILES string of the molecule is Cc1ccc(C(C)NC2CCCSC2)cc1. The number of rotatable bonds is 3. The molecule has 1 nitrogen and oxygen atoms in total. The highest BCUT2D eigenvalue weighted by Crippen LogP contribution is 2.20. The van der Waals surface area contributed by atoms with E-state index in [0.717, 1.165) is 0 Å². The van der Waals surface area contributed by atoms with Crippen LogP contribution in [0.3, 0.4) is 0 Å². The van der Waals surface area contributed by atoms with Gasteiger partial charge in [0, 0.05) is 17.8 Å². The van der Waals surface area contributed by atoms with Crippen LogP contribution in [0.2, 0.25) is 0 Å². The second kappa shape index (κ2) is 5.74. The summed E-state index contributed by atoms with van der Waals surface area (Å²) in [6.07, 6.45) is 2.70. The molecule has 88 valence electrons. The molecule has 0 saturated carbocycles. The monoisotopic (exact) mass is 235 g/mol. The highest BCUT2D eigenvalue weighted by Gasteiger charge is 2.16. The molecule has 0 radical (unpaired) electrons. The van der Waals surface area contributed by atoms with E-state index in [1.165, 1.54) is 35.5 Å². The zero-order valence-corrected chi connectivity index (χ0v) is 11.0. The third-order valence-corrected chi connectivity index (χ3v) is 4.44. The normalized spacial score (nSPS) is 23.0. The Labute approximate surface area is 103 Å². The van der Waals surface area contributed by atoms with Gasteiger partial charge in [0.05, 0.1) is 0 Å². The highest BCUT2D eigenvalue weighted by atomic mass is 32.2. The number of hydrogen-bond acceptors (Lipinski definition) is 2. The molecule has 2 unspecified atom stereocenters. The molecule has 0 amide bonds. The number of thioether (sulfide) groups is 1. The van der Waals surface area contributed by atoms with Gasteiger partial charge in [-0.1, -0.05) is 29.8 Å². The second-order valence-electron chi connectivity index (χ2n) is 4.71. The molecule has 2 rings (SSSR count). The van der Waals surface area contributed by atoms with E-state index in [2.05, 4.69) is 55.2 Å². The average Bonchev–Trinajstić information content (AvgIpc) is 2.31. The number of hydrogen-bond donors (Lipinski definition) is 1. The van der Waals surface area contributed by atoms with Gasteiger partial charge in [-0.25, -0.2) is 0 Å². The van der Waals surface area contributed by atoms with Crippen LogP contribution in [0.15, 0.2) is 24.3 Å². The van der Waals surface area contributed by atoms with Gasteiger partial charge in [0.2, 0.25) is 0 Å². The highest BCUT2D eigenvalue weighted by molar-refractivity contribution is 7.99. The maximum Gasteiger partial charge on any atom is 0.0294 e. The maximum absolute atomic E-state index is 3.73. The van der Waals surface area contributed by atoms with Gasteiger partial charge in [-0.05, 0) is 38.0 Å². The molecule has 16 heavy (non-hydrogen) atoms. The van der Waals surface area contributed by atoms with Crippen molar-refractivity contribution in [3.05, 3.63) is 35.4 Å². The van der Waals surface area contributed by atoms with Crippen molar-refractivity contribution in [1.82, 2.24) is 5.32 Å². The van der Waals surface area contributed by atoms with Crippen molar-refractivity contribution in [2.75, 3.05) is 11.5 Å². The van der Waals surface area contributed by atoms with Gasteiger partial charge < -0.3 is 5.32 Å². The molecule has 1 aliphatic rings. The average molecular weight is 235 g/mol. The van der Waals surface area contributed by atoms with Crippen molar-refractivity contribution in [1.29, 1.82) is 0 Å². The fourth-order valence-electron chi connectivity index (χ4n) is 2.18. The summed E-state index contributed by atoms with van der Waals surface area (Å²) in [7, 11) is 0. The first-order chi connectivity index (χ1) is 7.75. The molecule has 2 heteroatoms. The van der Waals surface area contributed by atoms with E-state index in [1.807, 2.05) is 0 Å². The Morgan fingerprint density at radius 2 is 2.06 bits per heavy atom. The van der Waals surface area contributed by atoms with Crippen molar-refractivity contribution in [2.45, 2.75) is 38.8 Å². The summed E-state index contributed by atoms with van der Waals surface area (Å²) in [6, 6.07) is 10.1. The zero-order valence-electron chi connectivity index (χ0n) is 10.2. The summed E-state index contributed by atoms with van der Waals surface area (Å²) < 4.78 is 0. The number of aryl methyl sites for hydroxylation is 1. The molecule has 1 heterocycles. The Bertz CT molecular complexity index is 314. The Hall–Kier alpha value is -0.470. The van der Waals surface area contributed by atoms with Gasteiger partial charge in [-0.2, -0.15) is 11.8 Å². The predicted molar refractivity (Wildman–Crippen MR) is 73.1 cm³/mol. The van der Waals surface area contributed by atoms with Crippen LogP contribution in [0.5, 0.6) is 0 Å². The molecule has 1 fully saturated rings. The topological polar surface area (TPSA) is 12.0 Å². The van der Waals surface area contributed by atoms with Gasteiger partial charge in [0.25, 0.3) is 0 Å². The van der Waals surface area contributed by atoms with Crippen LogP contribution in [-0.4, -0.2) is 17.5 Å². The fourth-order valence-corrected chi connectivity index (χ4v) is 3.26. The summed E-state index contributed by atoms with van der Waals surface area (Å²) in [5.41, 5.74) is 2.74. The molecular weight excluding hydrogens is 214 g/mol. The maximum atomic E-state index is 3.73. The molecule has 0 bridgehead atoms. The van der Waals surface area contributed by atoms with Crippen LogP contribution in [0.1, 0.15) is 36.9 Å². The van der Waals surface area contributed by atoms with Crippen molar-refractivity contribution in [2.24, 2.45) is 0 Å². The smallest absolute Gasteiger partial charge is 0.0294 e. The predicted octanol–water partition coefficient (Wildman–Crippen LogP) is 3.54. The van der Waals surface area contributed by atoms with E-state index in [-0.39, 0.29) is 0 Å². The van der Waals surface area contributed by atoms with Crippen LogP contribution in [0, 0.1) is 6.92 Å². The molecular formula is C14H21NS. The number of nitrogens with one attached hydrogen (secondary N) is 1. The molecule has 1 aliphatic heterocycles. The van der Waals surface area contributed by atoms with Crippen LogP contribution < -0.4 is 5.32 Å². The lowest BCUT2D eigenvalue weighted by Gasteiger charge is -2.26. The van der Waals surface area contributed by atoms with Crippen LogP contribution >= 0.6 is 11.8 Å². The molecule has 0 aliphatic carbocycles. The summed E-state index contributed by atoms with van der Waals surface area (Å²) in [5, 5.41) is 3.73. The van der Waals surface area contributed by atoms with Crippen LogP contribution in [-0.2, 0) is 0 Å². The van der Waals surface area contributed by atoms with Gasteiger partial charge in [-0.15, -0.1) is 0 Å². The third-order valence-electron chi connectivity index (χ3n) is 3.22. The first kappa shape index (κ1) is 12.0. The lowest BCUT2D eigenvalue weighted by atomic mass is 10.0. The Balaban J connectivity index is 1.91. The van der Waals surface area contributed by atoms with E-state index in [4.69, 9.17) is 0 Å². The van der Waals surface area contributed by atoms with E-state index in [9.17, 15) is 0 Å². The largest absolute Gasteiger partial charge is 0.307 e. The molecule has 1 saturated heterocycles. The quantitative estimate of drug-likeness (QED) is 0.860. The summed E-state index contributed by atoms with van der Waals surface area (Å²) in [5.74, 6) is 2.62. The third kappa shape index (κ3) is 3.26. The summed E-state index contributed by atoms with van der Waals surface area (Å²) in [4.78, 5) is 0. The van der Waals surface area contributed by atoms with Crippen molar-refractivity contribution in [3.63, 3.8) is 0 Å². The lowest BCUT2D eigenvalue weighted by molar-refractivity contribution is 0.452. The standard InChI is InChI=1S/C14H21NS/c1-11-5-7-13(8-6-11)12(2)15-14-4-3-9-16-10-14/h5-8,12,14-15H,3-4,9-10H2,1-2H3. The molecule has 1 aromatic rings. The zero-order chi connectivity index (χ0) is 11.4. The van der Waals surface area contributed by atoms with E-state index in [1.54, 1.807) is 0 Å². The second-order valence-corrected chi connectivity index (χ2v) is 5.86. The molecule has 0 aromatic heterocycles. The minimum Gasteiger partial charge on any atom is -0.307 e. The Kier molecular flexibility index (Phi) is 4.30. The van der Waals surface area contributed by atoms with E-state index >= 15 is 0 Å². The number of benzene rings is 1. The van der Waals surface area contributed by atoms with Crippen molar-refractivity contribution in [3.8, 4) is 0 Å². The molecule has 0 spiro atoms. The van der Waals surface area contributed by atoms with E-state index < -0.39 is 0 Å². The van der Waals surface area contributed by atoms with E-state index in [0.29, 0.717) is 12.1 Å². The summed E-state index contributed by atoms with van der Waals surface area (Å²) >= 11 is 2.08. The molecule has 2 atom stereocenters. The van der Waals surface area contributed by atoms with Gasteiger partial charge in [0.1, 0.15) is 0 Å². The lowest BCUT2D eigenvalue weighted by Crippen LogP contribution is -2.35. The van der Waals surface area contributed by atoms with Gasteiger partial charge >= 0.3 is 0 Å². The molecule has 1 N–H and O–H groups in total. The van der Waals surface area contributed by atoms with Crippen molar-refractivity contribution < 1.29 is 0 Å². The van der Waals surface area contributed by atoms with Gasteiger partial charge in [0.15, 0.2) is 0 Å². The Morgan fingerprint density at radius 3 is 2.69 bits per heavy atom. The Morgan fingerprint density at radius 1 is 1.31 bits per heavy atom. The van der Waals surface area contributed by atoms with Crippen molar-refractivity contribution >= 4 is 11.8 Å². The van der Waals surface area contributed by atoms with Gasteiger partial charge in [-0.3, -0.25) is 0 Å². The van der Waals surface area contributed by atoms with Crippen LogP contribution in [0.4, 0.5) is 0 Å².